The lowest BCUT2D eigenvalue weighted by Gasteiger charge is -1.87. The Hall–Kier alpha value is -1.58. The maximum Gasteiger partial charge on any atom is 0.262 e. The van der Waals surface area contributed by atoms with Crippen LogP contribution in [-0.2, 0) is 9.59 Å². The van der Waals surface area contributed by atoms with E-state index >= 15 is 0 Å². The van der Waals surface area contributed by atoms with Crippen molar-refractivity contribution >= 4 is 11.7 Å². The minimum absolute atomic E-state index is 0.210. The van der Waals surface area contributed by atoms with Crippen LogP contribution in [0.3, 0.4) is 0 Å². The number of amides is 1. The zero-order valence-corrected chi connectivity index (χ0v) is 5.92. The Morgan fingerprint density at radius 2 is 2.09 bits per heavy atom. The first-order chi connectivity index (χ1) is 5.20. The highest BCUT2D eigenvalue weighted by Crippen LogP contribution is 2.11. The molecule has 0 aromatic carbocycles. The van der Waals surface area contributed by atoms with E-state index in [9.17, 15) is 9.59 Å². The number of carbonyl (C=O) groups excluding carboxylic acids is 2. The van der Waals surface area contributed by atoms with Crippen LogP contribution in [-0.4, -0.2) is 16.8 Å². The van der Waals surface area contributed by atoms with Crippen LogP contribution in [0.25, 0.3) is 0 Å². The average molecular weight is 153 g/mol. The van der Waals surface area contributed by atoms with Gasteiger partial charge in [0.1, 0.15) is 5.57 Å². The predicted molar refractivity (Wildman–Crippen MR) is 37.6 cm³/mol. The van der Waals surface area contributed by atoms with E-state index in [0.717, 1.165) is 0 Å². The van der Waals surface area contributed by atoms with Gasteiger partial charge in [0.2, 0.25) is 5.78 Å². The van der Waals surface area contributed by atoms with Crippen LogP contribution in [0.2, 0.25) is 0 Å². The summed E-state index contributed by atoms with van der Waals surface area (Å²) in [5.41, 5.74) is 0.00778. The number of nitrogens with one attached hydrogen (secondary N) is 1. The van der Waals surface area contributed by atoms with Gasteiger partial charge < -0.3 is 10.4 Å². The average Bonchev–Trinajstić information content (AvgIpc) is 2.26. The number of allylic oxidation sites excluding steroid dienone is 2. The number of ketones is 1. The summed E-state index contributed by atoms with van der Waals surface area (Å²) in [5.74, 6) is -1.01. The van der Waals surface area contributed by atoms with E-state index in [1.807, 2.05) is 0 Å². The molecule has 0 aromatic rings. The molecule has 0 aromatic heterocycles. The van der Waals surface area contributed by atoms with E-state index in [1.165, 1.54) is 6.08 Å². The Bertz CT molecular complexity index is 275. The number of aliphatic hydroxyl groups excluding tert-OH is 1. The van der Waals surface area contributed by atoms with Gasteiger partial charge in [-0.05, 0) is 6.92 Å². The second kappa shape index (κ2) is 2.57. The number of rotatable bonds is 0. The molecule has 58 valence electrons. The Kier molecular flexibility index (Phi) is 1.76. The standard InChI is InChI=1S/C7H7NO3/c1-2-5-6(10)4(3-9)7(11)8-5/h2-3,9H,1H3,(H,8,11). The molecular weight excluding hydrogens is 146 g/mol. The normalized spacial score (nSPS) is 24.8. The lowest BCUT2D eigenvalue weighted by molar-refractivity contribution is -0.117. The third kappa shape index (κ3) is 1.02. The summed E-state index contributed by atoms with van der Waals surface area (Å²) >= 11 is 0. The Labute approximate surface area is 63.2 Å². The first-order valence-corrected chi connectivity index (χ1v) is 3.07. The van der Waals surface area contributed by atoms with Crippen LogP contribution >= 0.6 is 0 Å². The zero-order valence-electron chi connectivity index (χ0n) is 5.92. The molecule has 4 heteroatoms. The Morgan fingerprint density at radius 3 is 2.36 bits per heavy atom. The van der Waals surface area contributed by atoms with Gasteiger partial charge in [0, 0.05) is 0 Å². The van der Waals surface area contributed by atoms with E-state index in [2.05, 4.69) is 5.32 Å². The molecule has 0 aliphatic carbocycles. The van der Waals surface area contributed by atoms with Gasteiger partial charge in [0.25, 0.3) is 5.91 Å². The Balaban J connectivity index is 3.08. The van der Waals surface area contributed by atoms with Crippen molar-refractivity contribution in [1.29, 1.82) is 0 Å². The third-order valence-electron chi connectivity index (χ3n) is 1.40. The highest BCUT2D eigenvalue weighted by molar-refractivity contribution is 6.31. The number of carbonyl (C=O) groups is 2. The summed E-state index contributed by atoms with van der Waals surface area (Å²) < 4.78 is 0. The van der Waals surface area contributed by atoms with Crippen molar-refractivity contribution in [3.05, 3.63) is 23.6 Å². The molecule has 1 aliphatic rings. The van der Waals surface area contributed by atoms with Crippen molar-refractivity contribution in [2.75, 3.05) is 0 Å². The summed E-state index contributed by atoms with van der Waals surface area (Å²) in [6.45, 7) is 1.63. The molecule has 0 spiro atoms. The minimum Gasteiger partial charge on any atom is -0.515 e. The molecule has 1 saturated heterocycles. The fourth-order valence-electron chi connectivity index (χ4n) is 0.815. The zero-order chi connectivity index (χ0) is 8.43. The molecule has 0 atom stereocenters. The van der Waals surface area contributed by atoms with Crippen LogP contribution < -0.4 is 5.32 Å². The summed E-state index contributed by atoms with van der Waals surface area (Å²) in [7, 11) is 0. The van der Waals surface area contributed by atoms with E-state index in [1.54, 1.807) is 6.92 Å². The van der Waals surface area contributed by atoms with Gasteiger partial charge in [-0.1, -0.05) is 6.08 Å². The Morgan fingerprint density at radius 1 is 1.45 bits per heavy atom. The van der Waals surface area contributed by atoms with Crippen molar-refractivity contribution in [3.63, 3.8) is 0 Å². The maximum absolute atomic E-state index is 11.0. The highest BCUT2D eigenvalue weighted by Gasteiger charge is 2.30. The first kappa shape index (κ1) is 7.53. The predicted octanol–water partition coefficient (Wildman–Crippen LogP) is 0.0310. The van der Waals surface area contributed by atoms with Crippen molar-refractivity contribution in [2.24, 2.45) is 0 Å². The second-order valence-electron chi connectivity index (χ2n) is 2.03. The quantitative estimate of drug-likeness (QED) is 0.293. The minimum atomic E-state index is -0.550. The lowest BCUT2D eigenvalue weighted by Crippen LogP contribution is -2.13. The molecule has 2 N–H and O–H groups in total. The van der Waals surface area contributed by atoms with Crippen molar-refractivity contribution in [3.8, 4) is 0 Å². The molecule has 1 heterocycles. The maximum atomic E-state index is 11.0. The molecule has 1 rings (SSSR count). The fraction of sp³-hybridized carbons (Fsp3) is 0.143. The lowest BCUT2D eigenvalue weighted by atomic mass is 10.2. The molecule has 4 nitrogen and oxygen atoms in total. The molecule has 11 heavy (non-hydrogen) atoms. The molecule has 0 bridgehead atoms. The van der Waals surface area contributed by atoms with Crippen LogP contribution in [0, 0.1) is 0 Å². The van der Waals surface area contributed by atoms with Crippen molar-refractivity contribution in [1.82, 2.24) is 5.32 Å². The van der Waals surface area contributed by atoms with E-state index in [0.29, 0.717) is 6.26 Å². The third-order valence-corrected chi connectivity index (χ3v) is 1.40. The van der Waals surface area contributed by atoms with E-state index in [-0.39, 0.29) is 11.3 Å². The largest absolute Gasteiger partial charge is 0.515 e. The van der Waals surface area contributed by atoms with Gasteiger partial charge in [-0.15, -0.1) is 0 Å². The SMILES string of the molecule is CC=C1NC(=O)C(=CO)C1=O. The molecule has 1 amide bonds. The van der Waals surface area contributed by atoms with Gasteiger partial charge in [-0.3, -0.25) is 9.59 Å². The summed E-state index contributed by atoms with van der Waals surface area (Å²) in [6.07, 6.45) is 2.00. The van der Waals surface area contributed by atoms with Gasteiger partial charge >= 0.3 is 0 Å². The number of hydrogen-bond acceptors (Lipinski definition) is 3. The summed E-state index contributed by atoms with van der Waals surface area (Å²) in [4.78, 5) is 21.8. The molecule has 1 aliphatic heterocycles. The van der Waals surface area contributed by atoms with Gasteiger partial charge in [-0.2, -0.15) is 0 Å². The first-order valence-electron chi connectivity index (χ1n) is 3.07. The topological polar surface area (TPSA) is 66.4 Å². The highest BCUT2D eigenvalue weighted by atomic mass is 16.2. The van der Waals surface area contributed by atoms with Crippen molar-refractivity contribution in [2.45, 2.75) is 6.92 Å². The summed E-state index contributed by atoms with van der Waals surface area (Å²) in [6, 6.07) is 0. The molecule has 0 unspecified atom stereocenters. The van der Waals surface area contributed by atoms with Gasteiger partial charge in [0.15, 0.2) is 0 Å². The van der Waals surface area contributed by atoms with Crippen LogP contribution in [0.4, 0.5) is 0 Å². The second-order valence-corrected chi connectivity index (χ2v) is 2.03. The van der Waals surface area contributed by atoms with Crippen LogP contribution in [0.1, 0.15) is 6.92 Å². The monoisotopic (exact) mass is 153 g/mol. The van der Waals surface area contributed by atoms with Gasteiger partial charge in [-0.25, -0.2) is 0 Å². The fourth-order valence-corrected chi connectivity index (χ4v) is 0.815. The number of aliphatic hydroxyl groups is 1. The molecule has 0 saturated carbocycles. The molecular formula is C7H7NO3. The van der Waals surface area contributed by atoms with E-state index < -0.39 is 11.7 Å². The van der Waals surface area contributed by atoms with E-state index in [4.69, 9.17) is 5.11 Å². The van der Waals surface area contributed by atoms with Crippen molar-refractivity contribution < 1.29 is 14.7 Å². The van der Waals surface area contributed by atoms with Crippen LogP contribution in [0.5, 0.6) is 0 Å². The van der Waals surface area contributed by atoms with Crippen LogP contribution in [0.15, 0.2) is 23.6 Å². The molecule has 1 fully saturated rings. The smallest absolute Gasteiger partial charge is 0.262 e. The number of Topliss-reactive ketones (excluding diaryl/α,β-unsaturated/α-hetero) is 1. The number of hydrogen-bond donors (Lipinski definition) is 2. The van der Waals surface area contributed by atoms with Gasteiger partial charge in [0.05, 0.1) is 12.0 Å². The summed E-state index contributed by atoms with van der Waals surface area (Å²) in [5, 5.41) is 10.7. The molecule has 0 radical (unpaired) electrons.